The van der Waals surface area contributed by atoms with Crippen LogP contribution in [0.2, 0.25) is 0 Å². The average Bonchev–Trinajstić information content (AvgIpc) is 2.69. The smallest absolute Gasteiger partial charge is 0.250 e. The molecule has 0 N–H and O–H groups in total. The van der Waals surface area contributed by atoms with Crippen LogP contribution in [0.3, 0.4) is 0 Å². The van der Waals surface area contributed by atoms with E-state index >= 15 is 0 Å². The van der Waals surface area contributed by atoms with E-state index in [9.17, 15) is 4.79 Å². The van der Waals surface area contributed by atoms with Gasteiger partial charge in [-0.25, -0.2) is 0 Å². The van der Waals surface area contributed by atoms with Crippen LogP contribution in [0.1, 0.15) is 11.1 Å². The number of hydrogen-bond acceptors (Lipinski definition) is 2. The Balaban J connectivity index is 2.09. The molecule has 0 saturated carbocycles. The first kappa shape index (κ1) is 10.2. The van der Waals surface area contributed by atoms with Gasteiger partial charge < -0.3 is 4.57 Å². The van der Waals surface area contributed by atoms with Crippen molar-refractivity contribution in [3.05, 3.63) is 56.6 Å². The fourth-order valence-electron chi connectivity index (χ4n) is 1.48. The Morgan fingerprint density at radius 2 is 2.27 bits per heavy atom. The Bertz CT molecular complexity index is 485. The van der Waals surface area contributed by atoms with Gasteiger partial charge in [-0.3, -0.25) is 4.79 Å². The van der Waals surface area contributed by atoms with Crippen LogP contribution in [0, 0.1) is 6.92 Å². The third-order valence-corrected chi connectivity index (χ3v) is 3.11. The summed E-state index contributed by atoms with van der Waals surface area (Å²) >= 11 is 1.69. The summed E-state index contributed by atoms with van der Waals surface area (Å²) in [5.41, 5.74) is 2.41. The fourth-order valence-corrected chi connectivity index (χ4v) is 2.18. The molecule has 0 aliphatic heterocycles. The van der Waals surface area contributed by atoms with Crippen LogP contribution < -0.4 is 5.56 Å². The van der Waals surface area contributed by atoms with E-state index in [0.29, 0.717) is 0 Å². The maximum Gasteiger partial charge on any atom is 0.250 e. The minimum absolute atomic E-state index is 0.0882. The Hall–Kier alpha value is -1.35. The molecule has 3 heteroatoms. The van der Waals surface area contributed by atoms with Crippen molar-refractivity contribution in [3.63, 3.8) is 0 Å². The zero-order chi connectivity index (χ0) is 10.7. The normalized spacial score (nSPS) is 10.5. The lowest BCUT2D eigenvalue weighted by molar-refractivity contribution is 0.669. The molecule has 15 heavy (non-hydrogen) atoms. The number of pyridine rings is 1. The molecule has 0 amide bonds. The summed E-state index contributed by atoms with van der Waals surface area (Å²) < 4.78 is 1.75. The molecule has 0 aliphatic carbocycles. The Kier molecular flexibility index (Phi) is 3.02. The van der Waals surface area contributed by atoms with Crippen LogP contribution in [0.5, 0.6) is 0 Å². The molecule has 0 fully saturated rings. The van der Waals surface area contributed by atoms with Gasteiger partial charge in [-0.05, 0) is 47.4 Å². The first-order valence-electron chi connectivity index (χ1n) is 4.94. The molecule has 0 saturated heterocycles. The maximum absolute atomic E-state index is 11.6. The molecule has 0 unspecified atom stereocenters. The highest BCUT2D eigenvalue weighted by atomic mass is 32.1. The summed E-state index contributed by atoms with van der Waals surface area (Å²) in [7, 11) is 0. The molecular formula is C12H13NOS. The number of thiophene rings is 1. The van der Waals surface area contributed by atoms with Crippen molar-refractivity contribution in [2.24, 2.45) is 0 Å². The van der Waals surface area contributed by atoms with E-state index in [1.807, 2.05) is 19.2 Å². The molecule has 0 radical (unpaired) electrons. The largest absolute Gasteiger partial charge is 0.315 e. The second-order valence-corrected chi connectivity index (χ2v) is 4.40. The van der Waals surface area contributed by atoms with Crippen LogP contribution in [0.4, 0.5) is 0 Å². The highest BCUT2D eigenvalue weighted by molar-refractivity contribution is 7.07. The number of rotatable bonds is 3. The van der Waals surface area contributed by atoms with Gasteiger partial charge in [0.1, 0.15) is 0 Å². The number of aromatic nitrogens is 1. The topological polar surface area (TPSA) is 22.0 Å². The quantitative estimate of drug-likeness (QED) is 0.777. The zero-order valence-electron chi connectivity index (χ0n) is 8.64. The minimum atomic E-state index is 0.0882. The van der Waals surface area contributed by atoms with E-state index in [1.165, 1.54) is 5.56 Å². The molecule has 2 aromatic heterocycles. The van der Waals surface area contributed by atoms with Crippen LogP contribution in [0.15, 0.2) is 40.0 Å². The van der Waals surface area contributed by atoms with Crippen molar-refractivity contribution in [1.82, 2.24) is 4.57 Å². The van der Waals surface area contributed by atoms with E-state index < -0.39 is 0 Å². The van der Waals surface area contributed by atoms with Gasteiger partial charge >= 0.3 is 0 Å². The van der Waals surface area contributed by atoms with Crippen molar-refractivity contribution in [1.29, 1.82) is 0 Å². The SMILES string of the molecule is Cc1ccn(CCc2ccsc2)c(=O)c1. The van der Waals surface area contributed by atoms with Crippen LogP contribution in [-0.4, -0.2) is 4.57 Å². The zero-order valence-corrected chi connectivity index (χ0v) is 9.46. The Labute approximate surface area is 92.8 Å². The van der Waals surface area contributed by atoms with E-state index in [2.05, 4.69) is 16.8 Å². The van der Waals surface area contributed by atoms with Gasteiger partial charge in [-0.2, -0.15) is 11.3 Å². The predicted octanol–water partition coefficient (Wildman–Crippen LogP) is 2.46. The predicted molar refractivity (Wildman–Crippen MR) is 63.5 cm³/mol. The second-order valence-electron chi connectivity index (χ2n) is 3.62. The second kappa shape index (κ2) is 4.45. The third kappa shape index (κ3) is 2.57. The molecule has 0 bridgehead atoms. The molecule has 2 rings (SSSR count). The molecule has 78 valence electrons. The summed E-state index contributed by atoms with van der Waals surface area (Å²) in [5, 5.41) is 4.19. The molecule has 2 heterocycles. The third-order valence-electron chi connectivity index (χ3n) is 2.37. The van der Waals surface area contributed by atoms with Crippen molar-refractivity contribution in [3.8, 4) is 0 Å². The van der Waals surface area contributed by atoms with Crippen molar-refractivity contribution in [2.75, 3.05) is 0 Å². The maximum atomic E-state index is 11.6. The molecule has 2 aromatic rings. The summed E-state index contributed by atoms with van der Waals surface area (Å²) in [5.74, 6) is 0. The van der Waals surface area contributed by atoms with Crippen LogP contribution >= 0.6 is 11.3 Å². The molecule has 0 spiro atoms. The van der Waals surface area contributed by atoms with E-state index in [1.54, 1.807) is 22.0 Å². The highest BCUT2D eigenvalue weighted by Gasteiger charge is 1.97. The van der Waals surface area contributed by atoms with Gasteiger partial charge in [0.25, 0.3) is 5.56 Å². The number of aryl methyl sites for hydroxylation is 3. The van der Waals surface area contributed by atoms with Gasteiger partial charge in [-0.15, -0.1) is 0 Å². The van der Waals surface area contributed by atoms with Crippen molar-refractivity contribution in [2.45, 2.75) is 19.9 Å². The Morgan fingerprint density at radius 3 is 2.93 bits per heavy atom. The number of nitrogens with zero attached hydrogens (tertiary/aromatic N) is 1. The number of hydrogen-bond donors (Lipinski definition) is 0. The highest BCUT2D eigenvalue weighted by Crippen LogP contribution is 2.07. The lowest BCUT2D eigenvalue weighted by Gasteiger charge is -2.04. The van der Waals surface area contributed by atoms with Crippen molar-refractivity contribution >= 4 is 11.3 Å². The Morgan fingerprint density at radius 1 is 1.40 bits per heavy atom. The van der Waals surface area contributed by atoms with Crippen molar-refractivity contribution < 1.29 is 0 Å². The van der Waals surface area contributed by atoms with E-state index in [-0.39, 0.29) is 5.56 Å². The molecular weight excluding hydrogens is 206 g/mol. The standard InChI is InChI=1S/C12H13NOS/c1-10-2-5-13(12(14)8-10)6-3-11-4-7-15-9-11/h2,4-5,7-9H,3,6H2,1H3. The van der Waals surface area contributed by atoms with Crippen LogP contribution in [0.25, 0.3) is 0 Å². The van der Waals surface area contributed by atoms with Gasteiger partial charge in [0.2, 0.25) is 0 Å². The molecule has 0 aromatic carbocycles. The molecule has 0 aliphatic rings. The lowest BCUT2D eigenvalue weighted by atomic mass is 10.2. The monoisotopic (exact) mass is 219 g/mol. The fraction of sp³-hybridized carbons (Fsp3) is 0.250. The summed E-state index contributed by atoms with van der Waals surface area (Å²) in [6.07, 6.45) is 2.79. The summed E-state index contributed by atoms with van der Waals surface area (Å²) in [6.45, 7) is 2.69. The van der Waals surface area contributed by atoms with Gasteiger partial charge in [0.05, 0.1) is 0 Å². The van der Waals surface area contributed by atoms with Gasteiger partial charge in [0.15, 0.2) is 0 Å². The first-order chi connectivity index (χ1) is 7.25. The molecule has 0 atom stereocenters. The minimum Gasteiger partial charge on any atom is -0.315 e. The summed E-state index contributed by atoms with van der Waals surface area (Å²) in [6, 6.07) is 5.74. The molecule has 2 nitrogen and oxygen atoms in total. The lowest BCUT2D eigenvalue weighted by Crippen LogP contribution is -2.19. The van der Waals surface area contributed by atoms with E-state index in [0.717, 1.165) is 18.5 Å². The van der Waals surface area contributed by atoms with Gasteiger partial charge in [-0.1, -0.05) is 0 Å². The first-order valence-corrected chi connectivity index (χ1v) is 5.88. The summed E-state index contributed by atoms with van der Waals surface area (Å²) in [4.78, 5) is 11.6. The van der Waals surface area contributed by atoms with Crippen LogP contribution in [-0.2, 0) is 13.0 Å². The van der Waals surface area contributed by atoms with E-state index in [4.69, 9.17) is 0 Å². The van der Waals surface area contributed by atoms with Gasteiger partial charge in [0, 0.05) is 18.8 Å². The average molecular weight is 219 g/mol.